The van der Waals surface area contributed by atoms with Gasteiger partial charge >= 0.3 is 5.69 Å². The third-order valence-corrected chi connectivity index (χ3v) is 5.69. The Kier molecular flexibility index (Phi) is 4.52. The average molecular weight is 447 g/mol. The molecule has 9 nitrogen and oxygen atoms in total. The van der Waals surface area contributed by atoms with Gasteiger partial charge in [0.15, 0.2) is 11.2 Å². The zero-order valence-electron chi connectivity index (χ0n) is 17.7. The summed E-state index contributed by atoms with van der Waals surface area (Å²) in [5.41, 5.74) is -0.954. The molecule has 5 rings (SSSR count). The number of hydrogen-bond acceptors (Lipinski definition) is 5. The minimum absolute atomic E-state index is 0.0117. The second-order valence-electron chi connectivity index (χ2n) is 7.71. The lowest BCUT2D eigenvalue weighted by atomic mass is 10.1. The van der Waals surface area contributed by atoms with Crippen molar-refractivity contribution in [3.05, 3.63) is 97.2 Å². The lowest BCUT2D eigenvalue weighted by molar-refractivity contribution is 0.422. The van der Waals surface area contributed by atoms with E-state index in [2.05, 4.69) is 4.98 Å². The molecule has 0 saturated carbocycles. The van der Waals surface area contributed by atoms with E-state index in [4.69, 9.17) is 0 Å². The Morgan fingerprint density at radius 1 is 0.909 bits per heavy atom. The number of aromatic nitrogens is 5. The van der Waals surface area contributed by atoms with Crippen LogP contribution in [0.25, 0.3) is 28.1 Å². The van der Waals surface area contributed by atoms with Crippen molar-refractivity contribution in [1.29, 1.82) is 0 Å². The van der Waals surface area contributed by atoms with Crippen LogP contribution in [0.5, 0.6) is 5.88 Å². The molecule has 0 fully saturated rings. The Bertz CT molecular complexity index is 1730. The van der Waals surface area contributed by atoms with Gasteiger partial charge in [0, 0.05) is 14.1 Å². The average Bonchev–Trinajstić information content (AvgIpc) is 3.22. The summed E-state index contributed by atoms with van der Waals surface area (Å²) in [7, 11) is 2.77. The third kappa shape index (κ3) is 2.99. The number of aromatic hydroxyl groups is 1. The molecule has 0 radical (unpaired) electrons. The van der Waals surface area contributed by atoms with Crippen LogP contribution in [-0.2, 0) is 20.6 Å². The molecule has 0 unspecified atom stereocenters. The Balaban J connectivity index is 1.98. The van der Waals surface area contributed by atoms with Gasteiger partial charge in [-0.05, 0) is 23.3 Å². The summed E-state index contributed by atoms with van der Waals surface area (Å²) < 4.78 is 18.0. The number of rotatable bonds is 3. The number of fused-ring (bicyclic) bond motifs is 3. The fraction of sp³-hybridized carbons (Fsp3) is 0.130. The van der Waals surface area contributed by atoms with Crippen LogP contribution in [0, 0.1) is 5.82 Å². The molecule has 3 heterocycles. The molecule has 5 aromatic rings. The highest BCUT2D eigenvalue weighted by molar-refractivity contribution is 5.78. The number of hydrogen-bond donors (Lipinski definition) is 1. The summed E-state index contributed by atoms with van der Waals surface area (Å²) in [6.45, 7) is 0.0350. The van der Waals surface area contributed by atoms with Gasteiger partial charge in [-0.25, -0.2) is 13.6 Å². The van der Waals surface area contributed by atoms with Crippen LogP contribution in [-0.4, -0.2) is 28.2 Å². The molecule has 2 aromatic carbocycles. The van der Waals surface area contributed by atoms with Crippen molar-refractivity contribution in [2.24, 2.45) is 14.1 Å². The number of imidazole rings is 1. The van der Waals surface area contributed by atoms with Gasteiger partial charge in [0.1, 0.15) is 11.4 Å². The van der Waals surface area contributed by atoms with Crippen molar-refractivity contribution in [1.82, 2.24) is 23.1 Å². The minimum atomic E-state index is -0.685. The maximum Gasteiger partial charge on any atom is 0.332 e. The number of halogens is 1. The van der Waals surface area contributed by atoms with E-state index in [1.165, 1.54) is 35.4 Å². The summed E-state index contributed by atoms with van der Waals surface area (Å²) in [4.78, 5) is 43.4. The van der Waals surface area contributed by atoms with Crippen LogP contribution in [0.3, 0.4) is 0 Å². The van der Waals surface area contributed by atoms with Crippen molar-refractivity contribution in [2.75, 3.05) is 0 Å². The van der Waals surface area contributed by atoms with Crippen molar-refractivity contribution >= 4 is 16.9 Å². The van der Waals surface area contributed by atoms with Crippen molar-refractivity contribution in [3.8, 4) is 17.0 Å². The molecule has 3 aromatic heterocycles. The van der Waals surface area contributed by atoms with Gasteiger partial charge in [0.25, 0.3) is 11.1 Å². The smallest absolute Gasteiger partial charge is 0.332 e. The zero-order chi connectivity index (χ0) is 23.4. The summed E-state index contributed by atoms with van der Waals surface area (Å²) >= 11 is 0. The fourth-order valence-electron chi connectivity index (χ4n) is 3.97. The van der Waals surface area contributed by atoms with Gasteiger partial charge < -0.3 is 5.11 Å². The van der Waals surface area contributed by atoms with Gasteiger partial charge in [-0.3, -0.25) is 23.3 Å². The van der Waals surface area contributed by atoms with Crippen molar-refractivity contribution in [2.45, 2.75) is 6.54 Å². The SMILES string of the molecule is Cn1c(=O)c2c(nc3n(Cc4ccc(F)cc4)c(O)c(-c4ccccc4)c(=O)n23)n(C)c1=O. The minimum Gasteiger partial charge on any atom is -0.494 e. The van der Waals surface area contributed by atoms with E-state index >= 15 is 0 Å². The quantitative estimate of drug-likeness (QED) is 0.453. The first-order valence-corrected chi connectivity index (χ1v) is 10.0. The van der Waals surface area contributed by atoms with Crippen molar-refractivity contribution < 1.29 is 9.50 Å². The summed E-state index contributed by atoms with van der Waals surface area (Å²) in [5, 5.41) is 11.2. The molecule has 0 atom stereocenters. The van der Waals surface area contributed by atoms with Gasteiger partial charge in [0.2, 0.25) is 11.7 Å². The predicted octanol–water partition coefficient (Wildman–Crippen LogP) is 1.61. The Hall–Kier alpha value is -4.47. The first-order valence-electron chi connectivity index (χ1n) is 10.0. The molecule has 10 heteroatoms. The van der Waals surface area contributed by atoms with Crippen LogP contribution < -0.4 is 16.8 Å². The Labute approximate surface area is 184 Å². The van der Waals surface area contributed by atoms with E-state index in [0.29, 0.717) is 11.1 Å². The number of benzene rings is 2. The predicted molar refractivity (Wildman–Crippen MR) is 120 cm³/mol. The standard InChI is InChI=1S/C23H18FN5O4/c1-26-18-17(21(32)27(2)23(26)33)29-20(31)16(14-6-4-3-5-7-14)19(30)28(22(29)25-18)12-13-8-10-15(24)11-9-13/h3-11,30H,12H2,1-2H3. The second kappa shape index (κ2) is 7.30. The number of aryl methyl sites for hydroxylation is 1. The molecule has 1 N–H and O–H groups in total. The Morgan fingerprint density at radius 3 is 2.24 bits per heavy atom. The molecule has 0 aliphatic rings. The monoisotopic (exact) mass is 447 g/mol. The van der Waals surface area contributed by atoms with Crippen LogP contribution in [0.4, 0.5) is 4.39 Å². The van der Waals surface area contributed by atoms with Gasteiger partial charge in [-0.15, -0.1) is 0 Å². The molecular formula is C23H18FN5O4. The van der Waals surface area contributed by atoms with Crippen molar-refractivity contribution in [3.63, 3.8) is 0 Å². The molecule has 0 amide bonds. The van der Waals surface area contributed by atoms with E-state index in [-0.39, 0.29) is 34.9 Å². The van der Waals surface area contributed by atoms with Crippen LogP contribution in [0.1, 0.15) is 5.56 Å². The summed E-state index contributed by atoms with van der Waals surface area (Å²) in [6.07, 6.45) is 0. The third-order valence-electron chi connectivity index (χ3n) is 5.69. The highest BCUT2D eigenvalue weighted by atomic mass is 19.1. The molecular weight excluding hydrogens is 429 g/mol. The van der Waals surface area contributed by atoms with E-state index in [1.54, 1.807) is 42.5 Å². The van der Waals surface area contributed by atoms with Gasteiger partial charge in [0.05, 0.1) is 6.54 Å². The lowest BCUT2D eigenvalue weighted by Crippen LogP contribution is -2.38. The summed E-state index contributed by atoms with van der Waals surface area (Å²) in [6, 6.07) is 14.2. The first kappa shape index (κ1) is 20.4. The Morgan fingerprint density at radius 2 is 1.58 bits per heavy atom. The molecule has 0 spiro atoms. The maximum atomic E-state index is 13.6. The molecule has 0 bridgehead atoms. The molecule has 33 heavy (non-hydrogen) atoms. The van der Waals surface area contributed by atoms with E-state index in [9.17, 15) is 23.9 Å². The highest BCUT2D eigenvalue weighted by Crippen LogP contribution is 2.28. The molecule has 0 aliphatic carbocycles. The topological polar surface area (TPSA) is 104 Å². The van der Waals surface area contributed by atoms with E-state index in [1.807, 2.05) is 0 Å². The van der Waals surface area contributed by atoms with E-state index < -0.39 is 22.6 Å². The zero-order valence-corrected chi connectivity index (χ0v) is 17.7. The fourth-order valence-corrected chi connectivity index (χ4v) is 3.97. The normalized spacial score (nSPS) is 11.5. The molecule has 0 saturated heterocycles. The lowest BCUT2D eigenvalue weighted by Gasteiger charge is -2.15. The maximum absolute atomic E-state index is 13.6. The first-order chi connectivity index (χ1) is 15.8. The van der Waals surface area contributed by atoms with Crippen LogP contribution >= 0.6 is 0 Å². The van der Waals surface area contributed by atoms with Gasteiger partial charge in [-0.1, -0.05) is 42.5 Å². The van der Waals surface area contributed by atoms with Crippen LogP contribution in [0.15, 0.2) is 69.0 Å². The largest absolute Gasteiger partial charge is 0.494 e. The highest BCUT2D eigenvalue weighted by Gasteiger charge is 2.25. The van der Waals surface area contributed by atoms with E-state index in [0.717, 1.165) is 8.97 Å². The van der Waals surface area contributed by atoms with Crippen LogP contribution in [0.2, 0.25) is 0 Å². The summed E-state index contributed by atoms with van der Waals surface area (Å²) in [5.74, 6) is -0.794. The second-order valence-corrected chi connectivity index (χ2v) is 7.71. The molecule has 0 aliphatic heterocycles. The molecule has 166 valence electrons. The number of nitrogens with zero attached hydrogens (tertiary/aromatic N) is 5. The van der Waals surface area contributed by atoms with Gasteiger partial charge in [-0.2, -0.15) is 4.98 Å².